The first kappa shape index (κ1) is 34.7. The smallest absolute Gasteiger partial charge is 0.263 e. The van der Waals surface area contributed by atoms with Gasteiger partial charge in [0.25, 0.3) is 10.0 Å². The second-order valence-electron chi connectivity index (χ2n) is 12.5. The number of nitriles is 1. The van der Waals surface area contributed by atoms with Crippen molar-refractivity contribution in [1.29, 1.82) is 5.26 Å². The number of nitrogens with one attached hydrogen (secondary N) is 1. The number of anilines is 1. The van der Waals surface area contributed by atoms with Crippen LogP contribution in [0.5, 0.6) is 11.5 Å². The molecule has 0 unspecified atom stereocenters. The second-order valence-corrected chi connectivity index (χ2v) is 15.0. The fourth-order valence-corrected chi connectivity index (χ4v) is 7.96. The Balaban J connectivity index is 1.23. The third-order valence-corrected chi connectivity index (χ3v) is 11.0. The largest absolute Gasteiger partial charge is 0.455 e. The van der Waals surface area contributed by atoms with Crippen LogP contribution in [0.1, 0.15) is 55.8 Å². The average Bonchev–Trinajstić information content (AvgIpc) is 3.63. The first-order valence-electron chi connectivity index (χ1n) is 16.6. The van der Waals surface area contributed by atoms with E-state index in [1.165, 1.54) is 24.5 Å². The van der Waals surface area contributed by atoms with Crippen LogP contribution in [0.3, 0.4) is 0 Å². The van der Waals surface area contributed by atoms with E-state index in [1.807, 2.05) is 35.4 Å². The molecule has 3 aromatic carbocycles. The van der Waals surface area contributed by atoms with Gasteiger partial charge >= 0.3 is 0 Å². The molecule has 50 heavy (non-hydrogen) atoms. The van der Waals surface area contributed by atoms with Crippen LogP contribution in [0.2, 0.25) is 0 Å². The van der Waals surface area contributed by atoms with Gasteiger partial charge in [-0.2, -0.15) is 9.64 Å². The molecule has 0 atom stereocenters. The van der Waals surface area contributed by atoms with Crippen LogP contribution in [0.4, 0.5) is 5.13 Å². The van der Waals surface area contributed by atoms with Crippen molar-refractivity contribution >= 4 is 32.6 Å². The standard InChI is InChI=1S/C38H38N6O4S2/c1-26-6-5-8-29(20-26)30-10-12-37(48-36-13-11-34(22-32(36)24-39)50(46,47)43-38-41-25-42-49-38)35(23-30)31-14-17-40-33(21-31)9-4-3-7-28-15-18-44(19-16-28)27(2)45/h5-6,8,10-14,17,20-23,25,28H,3-4,7,9,15-16,18-19H2,1-2H3,(H,41,42,43). The van der Waals surface area contributed by atoms with Crippen LogP contribution in [-0.4, -0.2) is 46.7 Å². The second kappa shape index (κ2) is 15.6. The Morgan fingerprint density at radius 3 is 2.52 bits per heavy atom. The van der Waals surface area contributed by atoms with Gasteiger partial charge in [-0.15, -0.1) is 0 Å². The van der Waals surface area contributed by atoms with Gasteiger partial charge in [0.1, 0.15) is 23.9 Å². The summed E-state index contributed by atoms with van der Waals surface area (Å²) in [5.74, 6) is 1.58. The first-order valence-corrected chi connectivity index (χ1v) is 18.9. The molecular weight excluding hydrogens is 669 g/mol. The van der Waals surface area contributed by atoms with Crippen LogP contribution >= 0.6 is 11.5 Å². The van der Waals surface area contributed by atoms with Crippen LogP contribution in [-0.2, 0) is 21.2 Å². The molecule has 5 aromatic rings. The van der Waals surface area contributed by atoms with Gasteiger partial charge in [0.2, 0.25) is 11.0 Å². The number of carbonyl (C=O) groups excluding carboxylic acids is 1. The van der Waals surface area contributed by atoms with Crippen molar-refractivity contribution in [2.24, 2.45) is 5.92 Å². The van der Waals surface area contributed by atoms with E-state index >= 15 is 0 Å². The number of likely N-dealkylation sites (tertiary alicyclic amines) is 1. The van der Waals surface area contributed by atoms with Crippen molar-refractivity contribution in [2.45, 2.75) is 57.3 Å². The number of piperidine rings is 1. The first-order chi connectivity index (χ1) is 24.2. The molecule has 1 aliphatic heterocycles. The van der Waals surface area contributed by atoms with Crippen molar-refractivity contribution in [1.82, 2.24) is 19.2 Å². The number of sulfonamides is 1. The lowest BCUT2D eigenvalue weighted by Crippen LogP contribution is -2.36. The molecule has 0 aliphatic carbocycles. The van der Waals surface area contributed by atoms with Crippen molar-refractivity contribution in [3.8, 4) is 39.8 Å². The summed E-state index contributed by atoms with van der Waals surface area (Å²) >= 11 is 0.915. The molecule has 12 heteroatoms. The number of hydrogen-bond acceptors (Lipinski definition) is 9. The Hall–Kier alpha value is -5.12. The summed E-state index contributed by atoms with van der Waals surface area (Å²) in [5, 5.41) is 10.1. The van der Waals surface area contributed by atoms with Crippen molar-refractivity contribution in [3.05, 3.63) is 102 Å². The number of unbranched alkanes of at least 4 members (excludes halogenated alkanes) is 1. The zero-order valence-corrected chi connectivity index (χ0v) is 29.6. The molecule has 0 saturated carbocycles. The Bertz CT molecular complexity index is 2120. The number of nitrogens with zero attached hydrogens (tertiary/aromatic N) is 5. The van der Waals surface area contributed by atoms with Crippen molar-refractivity contribution in [3.63, 3.8) is 0 Å². The number of aromatic nitrogens is 3. The highest BCUT2D eigenvalue weighted by Gasteiger charge is 2.21. The van der Waals surface area contributed by atoms with Gasteiger partial charge in [-0.05, 0) is 97.7 Å². The third kappa shape index (κ3) is 8.53. The number of ether oxygens (including phenoxy) is 1. The van der Waals surface area contributed by atoms with Gasteiger partial charge in [0, 0.05) is 49.0 Å². The minimum atomic E-state index is -3.99. The highest BCUT2D eigenvalue weighted by Crippen LogP contribution is 2.39. The van der Waals surface area contributed by atoms with Crippen LogP contribution in [0.15, 0.2) is 90.2 Å². The van der Waals surface area contributed by atoms with E-state index in [-0.39, 0.29) is 27.2 Å². The van der Waals surface area contributed by atoms with Gasteiger partial charge in [0.15, 0.2) is 0 Å². The fraction of sp³-hybridized carbons (Fsp3) is 0.289. The summed E-state index contributed by atoms with van der Waals surface area (Å²) in [6, 6.07) is 24.5. The van der Waals surface area contributed by atoms with Gasteiger partial charge in [0.05, 0.1) is 10.5 Å². The van der Waals surface area contributed by atoms with E-state index in [1.54, 1.807) is 6.92 Å². The van der Waals surface area contributed by atoms with Crippen LogP contribution < -0.4 is 9.46 Å². The van der Waals surface area contributed by atoms with Crippen molar-refractivity contribution < 1.29 is 17.9 Å². The quantitative estimate of drug-likeness (QED) is 0.129. The maximum absolute atomic E-state index is 13.0. The average molecular weight is 707 g/mol. The summed E-state index contributed by atoms with van der Waals surface area (Å²) in [7, 11) is -3.99. The van der Waals surface area contributed by atoms with Crippen LogP contribution in [0, 0.1) is 24.2 Å². The molecule has 3 heterocycles. The Kier molecular flexibility index (Phi) is 10.8. The van der Waals surface area contributed by atoms with E-state index < -0.39 is 10.0 Å². The SMILES string of the molecule is CC(=O)N1CCC(CCCCc2cc(-c3cc(-c4cccc(C)c4)ccc3Oc3ccc(S(=O)(=O)Nc4ncns4)cc3C#N)ccn2)CC1. The lowest BCUT2D eigenvalue weighted by Gasteiger charge is -2.31. The summed E-state index contributed by atoms with van der Waals surface area (Å²) in [6.45, 7) is 5.42. The van der Waals surface area contributed by atoms with Gasteiger partial charge < -0.3 is 9.64 Å². The fourth-order valence-electron chi connectivity index (χ4n) is 6.27. The van der Waals surface area contributed by atoms with E-state index in [0.717, 1.165) is 96.7 Å². The van der Waals surface area contributed by atoms with E-state index in [0.29, 0.717) is 11.7 Å². The lowest BCUT2D eigenvalue weighted by molar-refractivity contribution is -0.130. The lowest BCUT2D eigenvalue weighted by atomic mass is 9.91. The molecular formula is C38H38N6O4S2. The zero-order chi connectivity index (χ0) is 35.1. The molecule has 1 saturated heterocycles. The number of carbonyl (C=O) groups is 1. The Morgan fingerprint density at radius 1 is 0.980 bits per heavy atom. The zero-order valence-electron chi connectivity index (χ0n) is 28.0. The number of aryl methyl sites for hydroxylation is 2. The van der Waals surface area contributed by atoms with Crippen molar-refractivity contribution in [2.75, 3.05) is 17.8 Å². The normalized spacial score (nSPS) is 13.5. The summed E-state index contributed by atoms with van der Waals surface area (Å²) in [6.07, 6.45) is 9.34. The molecule has 1 amide bonds. The van der Waals surface area contributed by atoms with E-state index in [9.17, 15) is 18.5 Å². The number of rotatable bonds is 12. The predicted octanol–water partition coefficient (Wildman–Crippen LogP) is 8.01. The van der Waals surface area contributed by atoms with Gasteiger partial charge in [-0.25, -0.2) is 13.4 Å². The Labute approximate surface area is 297 Å². The maximum Gasteiger partial charge on any atom is 0.263 e. The number of hydrogen-bond donors (Lipinski definition) is 1. The predicted molar refractivity (Wildman–Crippen MR) is 194 cm³/mol. The molecule has 1 aliphatic rings. The maximum atomic E-state index is 13.0. The molecule has 0 radical (unpaired) electrons. The monoisotopic (exact) mass is 706 g/mol. The molecule has 1 N–H and O–H groups in total. The summed E-state index contributed by atoms with van der Waals surface area (Å²) in [5.41, 5.74) is 6.02. The molecule has 256 valence electrons. The molecule has 1 fully saturated rings. The minimum absolute atomic E-state index is 0.0706. The number of pyridine rings is 1. The summed E-state index contributed by atoms with van der Waals surface area (Å²) < 4.78 is 38.6. The topological polar surface area (TPSA) is 138 Å². The van der Waals surface area contributed by atoms with E-state index in [4.69, 9.17) is 4.74 Å². The molecule has 0 bridgehead atoms. The number of amides is 1. The van der Waals surface area contributed by atoms with Gasteiger partial charge in [-0.1, -0.05) is 48.7 Å². The minimum Gasteiger partial charge on any atom is -0.455 e. The third-order valence-electron chi connectivity index (χ3n) is 9.00. The molecule has 0 spiro atoms. The van der Waals surface area contributed by atoms with Crippen LogP contribution in [0.25, 0.3) is 22.3 Å². The highest BCUT2D eigenvalue weighted by atomic mass is 32.2. The summed E-state index contributed by atoms with van der Waals surface area (Å²) in [4.78, 5) is 22.1. The molecule has 10 nitrogen and oxygen atoms in total. The highest BCUT2D eigenvalue weighted by molar-refractivity contribution is 7.93. The molecule has 2 aromatic heterocycles. The number of benzene rings is 3. The Morgan fingerprint density at radius 2 is 1.78 bits per heavy atom. The molecule has 6 rings (SSSR count). The van der Waals surface area contributed by atoms with Gasteiger partial charge in [-0.3, -0.25) is 14.5 Å². The van der Waals surface area contributed by atoms with E-state index in [2.05, 4.69) is 62.4 Å².